The minimum absolute atomic E-state index is 0.288. The number of aryl methyl sites for hydroxylation is 1. The maximum Gasteiger partial charge on any atom is 0.258 e. The summed E-state index contributed by atoms with van der Waals surface area (Å²) < 4.78 is 0. The van der Waals surface area contributed by atoms with E-state index in [9.17, 15) is 9.90 Å². The highest BCUT2D eigenvalue weighted by molar-refractivity contribution is 7.17. The van der Waals surface area contributed by atoms with Crippen LogP contribution in [-0.4, -0.2) is 40.2 Å². The third kappa shape index (κ3) is 2.17. The van der Waals surface area contributed by atoms with Crippen LogP contribution >= 0.6 is 11.3 Å². The highest BCUT2D eigenvalue weighted by Crippen LogP contribution is 2.35. The van der Waals surface area contributed by atoms with Gasteiger partial charge < -0.3 is 15.7 Å². The van der Waals surface area contributed by atoms with E-state index < -0.39 is 5.91 Å². The first kappa shape index (κ1) is 13.7. The van der Waals surface area contributed by atoms with Gasteiger partial charge in [0.2, 0.25) is 5.95 Å². The molecule has 1 fully saturated rings. The lowest BCUT2D eigenvalue weighted by molar-refractivity contribution is 0.100. The number of hydrogen-bond donors (Lipinski definition) is 2. The van der Waals surface area contributed by atoms with E-state index in [1.54, 1.807) is 6.07 Å². The molecular weight excluding hydrogens is 300 g/mol. The lowest BCUT2D eigenvalue weighted by Gasteiger charge is -2.36. The molecule has 2 aromatic rings. The average Bonchev–Trinajstić information content (AvgIpc) is 3.11. The van der Waals surface area contributed by atoms with Gasteiger partial charge in [0.05, 0.1) is 21.6 Å². The number of aliphatic hydroxyl groups is 1. The van der Waals surface area contributed by atoms with Crippen molar-refractivity contribution in [2.45, 2.75) is 25.4 Å². The number of nitrogens with two attached hydrogens (primary N) is 1. The second kappa shape index (κ2) is 5.03. The molecule has 0 bridgehead atoms. The number of fused-ring (bicyclic) bond motifs is 1. The Kier molecular flexibility index (Phi) is 3.12. The van der Waals surface area contributed by atoms with Crippen LogP contribution in [0.2, 0.25) is 0 Å². The zero-order valence-electron chi connectivity index (χ0n) is 12.0. The van der Waals surface area contributed by atoms with Crippen molar-refractivity contribution in [2.75, 3.05) is 18.0 Å². The Labute approximate surface area is 131 Å². The molecule has 22 heavy (non-hydrogen) atoms. The smallest absolute Gasteiger partial charge is 0.258 e. The van der Waals surface area contributed by atoms with E-state index in [2.05, 4.69) is 4.98 Å². The third-order valence-corrected chi connectivity index (χ3v) is 5.26. The molecule has 7 heteroatoms. The minimum atomic E-state index is -0.409. The fourth-order valence-electron chi connectivity index (χ4n) is 2.98. The van der Waals surface area contributed by atoms with Gasteiger partial charge in [-0.2, -0.15) is 0 Å². The van der Waals surface area contributed by atoms with Crippen LogP contribution in [0.15, 0.2) is 12.1 Å². The summed E-state index contributed by atoms with van der Waals surface area (Å²) in [5.74, 6) is 0.267. The SMILES string of the molecule is NC(=O)c1ccc(-c2nc(N3CC(O)C3)nc3c2CCC3)s1. The van der Waals surface area contributed by atoms with Gasteiger partial charge in [0.25, 0.3) is 5.91 Å². The Morgan fingerprint density at radius 3 is 2.82 bits per heavy atom. The van der Waals surface area contributed by atoms with Crippen LogP contribution in [0.5, 0.6) is 0 Å². The first-order chi connectivity index (χ1) is 10.6. The van der Waals surface area contributed by atoms with Crippen molar-refractivity contribution in [1.29, 1.82) is 0 Å². The molecule has 1 amide bonds. The van der Waals surface area contributed by atoms with Crippen molar-refractivity contribution in [3.63, 3.8) is 0 Å². The van der Waals surface area contributed by atoms with E-state index in [1.165, 1.54) is 16.9 Å². The minimum Gasteiger partial charge on any atom is -0.389 e. The number of β-amino-alcohol motifs (C(OH)–C–C–N with tert-alkyl or cyclic N) is 1. The van der Waals surface area contributed by atoms with Crippen LogP contribution in [0.4, 0.5) is 5.95 Å². The molecule has 2 aliphatic rings. The van der Waals surface area contributed by atoms with Gasteiger partial charge in [-0.1, -0.05) is 0 Å². The highest BCUT2D eigenvalue weighted by atomic mass is 32.1. The molecule has 1 saturated heterocycles. The number of rotatable bonds is 3. The number of nitrogens with zero attached hydrogens (tertiary/aromatic N) is 3. The quantitative estimate of drug-likeness (QED) is 0.880. The Balaban J connectivity index is 1.78. The summed E-state index contributed by atoms with van der Waals surface area (Å²) in [5.41, 5.74) is 8.53. The fraction of sp³-hybridized carbons (Fsp3) is 0.400. The molecule has 0 atom stereocenters. The molecule has 6 nitrogen and oxygen atoms in total. The maximum absolute atomic E-state index is 11.3. The molecular formula is C15H16N4O2S. The predicted molar refractivity (Wildman–Crippen MR) is 84.1 cm³/mol. The monoisotopic (exact) mass is 316 g/mol. The second-order valence-corrected chi connectivity index (χ2v) is 6.82. The van der Waals surface area contributed by atoms with Gasteiger partial charge in [-0.25, -0.2) is 9.97 Å². The molecule has 2 aromatic heterocycles. The molecule has 3 N–H and O–H groups in total. The number of amides is 1. The fourth-order valence-corrected chi connectivity index (χ4v) is 3.86. The normalized spacial score (nSPS) is 17.4. The first-order valence-electron chi connectivity index (χ1n) is 7.34. The molecule has 3 heterocycles. The molecule has 1 aliphatic carbocycles. The van der Waals surface area contributed by atoms with E-state index >= 15 is 0 Å². The van der Waals surface area contributed by atoms with Crippen LogP contribution in [0, 0.1) is 0 Å². The van der Waals surface area contributed by atoms with Gasteiger partial charge in [-0.05, 0) is 31.4 Å². The summed E-state index contributed by atoms with van der Waals surface area (Å²) in [7, 11) is 0. The zero-order chi connectivity index (χ0) is 15.3. The first-order valence-corrected chi connectivity index (χ1v) is 8.16. The number of carbonyl (C=O) groups excluding carboxylic acids is 1. The number of hydrogen-bond acceptors (Lipinski definition) is 6. The van der Waals surface area contributed by atoms with Gasteiger partial charge >= 0.3 is 0 Å². The Hall–Kier alpha value is -1.99. The van der Waals surface area contributed by atoms with Crippen LogP contribution in [0.25, 0.3) is 10.6 Å². The van der Waals surface area contributed by atoms with Gasteiger partial charge in [0.15, 0.2) is 0 Å². The van der Waals surface area contributed by atoms with E-state index in [0.717, 1.165) is 35.5 Å². The topological polar surface area (TPSA) is 92.3 Å². The molecule has 1 aliphatic heterocycles. The van der Waals surface area contributed by atoms with Gasteiger partial charge in [0.1, 0.15) is 0 Å². The number of anilines is 1. The van der Waals surface area contributed by atoms with E-state index in [-0.39, 0.29) is 6.10 Å². The standard InChI is InChI=1S/C15H16N4O2S/c16-14(21)12-5-4-11(22-12)13-9-2-1-3-10(9)17-15(18-13)19-6-8(20)7-19/h4-5,8,20H,1-3,6-7H2,(H2,16,21). The molecule has 4 rings (SSSR count). The summed E-state index contributed by atoms with van der Waals surface area (Å²) in [5, 5.41) is 9.48. The van der Waals surface area contributed by atoms with E-state index in [0.29, 0.717) is 23.9 Å². The maximum atomic E-state index is 11.3. The Morgan fingerprint density at radius 1 is 1.32 bits per heavy atom. The van der Waals surface area contributed by atoms with Crippen molar-refractivity contribution in [3.8, 4) is 10.6 Å². The van der Waals surface area contributed by atoms with Crippen LogP contribution in [-0.2, 0) is 12.8 Å². The number of aliphatic hydroxyl groups excluding tert-OH is 1. The largest absolute Gasteiger partial charge is 0.389 e. The number of carbonyl (C=O) groups is 1. The number of primary amides is 1. The molecule has 0 spiro atoms. The van der Waals surface area contributed by atoms with Crippen LogP contribution < -0.4 is 10.6 Å². The third-order valence-electron chi connectivity index (χ3n) is 4.15. The summed E-state index contributed by atoms with van der Waals surface area (Å²) in [6, 6.07) is 3.65. The Bertz CT molecular complexity index is 752. The number of aromatic nitrogens is 2. The molecule has 0 aromatic carbocycles. The zero-order valence-corrected chi connectivity index (χ0v) is 12.8. The second-order valence-electron chi connectivity index (χ2n) is 5.74. The predicted octanol–water partition coefficient (Wildman–Crippen LogP) is 0.974. The molecule has 114 valence electrons. The van der Waals surface area contributed by atoms with Crippen molar-refractivity contribution in [1.82, 2.24) is 9.97 Å². The van der Waals surface area contributed by atoms with Gasteiger partial charge in [-0.3, -0.25) is 4.79 Å². The van der Waals surface area contributed by atoms with E-state index in [4.69, 9.17) is 10.7 Å². The van der Waals surface area contributed by atoms with Gasteiger partial charge in [0, 0.05) is 24.3 Å². The molecule has 0 unspecified atom stereocenters. The molecule has 0 radical (unpaired) electrons. The number of thiophene rings is 1. The van der Waals surface area contributed by atoms with Crippen molar-refractivity contribution in [2.24, 2.45) is 5.73 Å². The van der Waals surface area contributed by atoms with Crippen molar-refractivity contribution >= 4 is 23.2 Å². The van der Waals surface area contributed by atoms with Gasteiger partial charge in [-0.15, -0.1) is 11.3 Å². The highest BCUT2D eigenvalue weighted by Gasteiger charge is 2.29. The average molecular weight is 316 g/mol. The summed E-state index contributed by atoms with van der Waals surface area (Å²) in [6.07, 6.45) is 2.72. The lowest BCUT2D eigenvalue weighted by atomic mass is 10.1. The van der Waals surface area contributed by atoms with Crippen LogP contribution in [0.1, 0.15) is 27.3 Å². The Morgan fingerprint density at radius 2 is 2.14 bits per heavy atom. The van der Waals surface area contributed by atoms with Crippen LogP contribution in [0.3, 0.4) is 0 Å². The van der Waals surface area contributed by atoms with Crippen molar-refractivity contribution in [3.05, 3.63) is 28.3 Å². The summed E-state index contributed by atoms with van der Waals surface area (Å²) >= 11 is 1.37. The van der Waals surface area contributed by atoms with Crippen molar-refractivity contribution < 1.29 is 9.90 Å². The lowest BCUT2D eigenvalue weighted by Crippen LogP contribution is -2.51. The molecule has 0 saturated carbocycles. The summed E-state index contributed by atoms with van der Waals surface area (Å²) in [4.78, 5) is 24.1. The van der Waals surface area contributed by atoms with E-state index in [1.807, 2.05) is 11.0 Å². The summed E-state index contributed by atoms with van der Waals surface area (Å²) in [6.45, 7) is 1.16.